The molecule has 3 nitrogen and oxygen atoms in total. The summed E-state index contributed by atoms with van der Waals surface area (Å²) in [6, 6.07) is 7.47. The van der Waals surface area contributed by atoms with Gasteiger partial charge >= 0.3 is 5.97 Å². The summed E-state index contributed by atoms with van der Waals surface area (Å²) in [6.07, 6.45) is -0.569. The zero-order valence-corrected chi connectivity index (χ0v) is 10.1. The molecule has 1 atom stereocenters. The summed E-state index contributed by atoms with van der Waals surface area (Å²) in [5.74, 6) is 0.298. The van der Waals surface area contributed by atoms with Crippen molar-refractivity contribution < 1.29 is 14.3 Å². The molecule has 1 aromatic rings. The fourth-order valence-electron chi connectivity index (χ4n) is 0.931. The highest BCUT2D eigenvalue weighted by molar-refractivity contribution is 14.1. The Balaban J connectivity index is 2.60. The fourth-order valence-corrected chi connectivity index (χ4v) is 1.29. The predicted molar refractivity (Wildman–Crippen MR) is 61.3 cm³/mol. The van der Waals surface area contributed by atoms with E-state index in [0.29, 0.717) is 5.75 Å². The van der Waals surface area contributed by atoms with Crippen LogP contribution >= 0.6 is 22.6 Å². The monoisotopic (exact) mass is 306 g/mol. The Morgan fingerprint density at radius 1 is 1.36 bits per heavy atom. The van der Waals surface area contributed by atoms with Gasteiger partial charge in [-0.3, -0.25) is 0 Å². The van der Waals surface area contributed by atoms with E-state index in [1.807, 2.05) is 24.3 Å². The second-order valence-corrected chi connectivity index (χ2v) is 3.98. The lowest BCUT2D eigenvalue weighted by Crippen LogP contribution is -2.24. The van der Waals surface area contributed by atoms with Crippen LogP contribution in [0.4, 0.5) is 0 Å². The summed E-state index contributed by atoms with van der Waals surface area (Å²) < 4.78 is 11.0. The maximum atomic E-state index is 11.0. The molecule has 0 aromatic heterocycles. The van der Waals surface area contributed by atoms with Crippen LogP contribution in [0.2, 0.25) is 0 Å². The summed E-state index contributed by atoms with van der Waals surface area (Å²) in [5.41, 5.74) is 0. The normalized spacial score (nSPS) is 11.9. The minimum Gasteiger partial charge on any atom is -0.479 e. The van der Waals surface area contributed by atoms with Crippen molar-refractivity contribution in [3.63, 3.8) is 0 Å². The lowest BCUT2D eigenvalue weighted by atomic mass is 10.3. The van der Waals surface area contributed by atoms with E-state index in [9.17, 15) is 4.79 Å². The SMILES string of the molecule is COC(=O)[C@H](C)Oc1ccc(I)cc1. The maximum absolute atomic E-state index is 11.0. The second kappa shape index (κ2) is 5.19. The molecule has 0 N–H and O–H groups in total. The van der Waals surface area contributed by atoms with Gasteiger partial charge in [0.2, 0.25) is 0 Å². The number of hydrogen-bond donors (Lipinski definition) is 0. The number of carbonyl (C=O) groups excluding carboxylic acids is 1. The van der Waals surface area contributed by atoms with Crippen molar-refractivity contribution in [1.29, 1.82) is 0 Å². The molecule has 0 unspecified atom stereocenters. The standard InChI is InChI=1S/C10H11IO3/c1-7(10(12)13-2)14-9-5-3-8(11)4-6-9/h3-7H,1-2H3/t7-/m0/s1. The van der Waals surface area contributed by atoms with Gasteiger partial charge in [0, 0.05) is 3.57 Å². The van der Waals surface area contributed by atoms with Crippen LogP contribution in [0.5, 0.6) is 5.75 Å². The molecule has 0 saturated heterocycles. The van der Waals surface area contributed by atoms with Gasteiger partial charge in [0.25, 0.3) is 0 Å². The second-order valence-electron chi connectivity index (χ2n) is 2.74. The van der Waals surface area contributed by atoms with Crippen molar-refractivity contribution in [2.24, 2.45) is 0 Å². The first-order valence-corrected chi connectivity index (χ1v) is 5.21. The van der Waals surface area contributed by atoms with Crippen LogP contribution in [0, 0.1) is 3.57 Å². The lowest BCUT2D eigenvalue weighted by Gasteiger charge is -2.11. The van der Waals surface area contributed by atoms with E-state index < -0.39 is 6.10 Å². The van der Waals surface area contributed by atoms with Crippen molar-refractivity contribution in [2.75, 3.05) is 7.11 Å². The third-order valence-electron chi connectivity index (χ3n) is 1.66. The summed E-state index contributed by atoms with van der Waals surface area (Å²) in [7, 11) is 1.34. The first-order valence-electron chi connectivity index (χ1n) is 4.13. The van der Waals surface area contributed by atoms with E-state index in [4.69, 9.17) is 4.74 Å². The number of methoxy groups -OCH3 is 1. The van der Waals surface area contributed by atoms with Gasteiger partial charge in [0.1, 0.15) is 5.75 Å². The largest absolute Gasteiger partial charge is 0.479 e. The molecule has 0 radical (unpaired) electrons. The molecule has 0 amide bonds. The zero-order chi connectivity index (χ0) is 10.6. The van der Waals surface area contributed by atoms with E-state index in [-0.39, 0.29) is 5.97 Å². The highest BCUT2D eigenvalue weighted by Crippen LogP contribution is 2.15. The Labute approximate surface area is 96.5 Å². The Morgan fingerprint density at radius 2 is 1.93 bits per heavy atom. The van der Waals surface area contributed by atoms with Gasteiger partial charge in [-0.15, -0.1) is 0 Å². The van der Waals surface area contributed by atoms with E-state index in [2.05, 4.69) is 27.3 Å². The average molecular weight is 306 g/mol. The first kappa shape index (κ1) is 11.3. The Bertz CT molecular complexity index is 308. The van der Waals surface area contributed by atoms with Crippen LogP contribution in [-0.4, -0.2) is 19.2 Å². The molecule has 1 aromatic carbocycles. The minimum absolute atomic E-state index is 0.372. The number of rotatable bonds is 3. The van der Waals surface area contributed by atoms with Gasteiger partial charge in [-0.25, -0.2) is 4.79 Å². The molecule has 1 rings (SSSR count). The van der Waals surface area contributed by atoms with Gasteiger partial charge in [0.05, 0.1) is 7.11 Å². The van der Waals surface area contributed by atoms with Crippen molar-refractivity contribution in [1.82, 2.24) is 0 Å². The highest BCUT2D eigenvalue weighted by Gasteiger charge is 2.14. The van der Waals surface area contributed by atoms with Crippen LogP contribution in [0.3, 0.4) is 0 Å². The fraction of sp³-hybridized carbons (Fsp3) is 0.300. The molecule has 0 aliphatic heterocycles. The third kappa shape index (κ3) is 3.17. The number of esters is 1. The molecule has 0 heterocycles. The van der Waals surface area contributed by atoms with Crippen LogP contribution in [0.25, 0.3) is 0 Å². The van der Waals surface area contributed by atoms with Crippen LogP contribution in [0.15, 0.2) is 24.3 Å². The topological polar surface area (TPSA) is 35.5 Å². The van der Waals surface area contributed by atoms with E-state index >= 15 is 0 Å². The minimum atomic E-state index is -0.569. The summed E-state index contributed by atoms with van der Waals surface area (Å²) >= 11 is 2.20. The summed E-state index contributed by atoms with van der Waals surface area (Å²) in [6.45, 7) is 1.66. The van der Waals surface area contributed by atoms with E-state index in [1.54, 1.807) is 6.92 Å². The molecule has 4 heteroatoms. The highest BCUT2D eigenvalue weighted by atomic mass is 127. The van der Waals surface area contributed by atoms with Gasteiger partial charge in [-0.1, -0.05) is 0 Å². The zero-order valence-electron chi connectivity index (χ0n) is 7.99. The Morgan fingerprint density at radius 3 is 2.43 bits per heavy atom. The molecular formula is C10H11IO3. The Kier molecular flexibility index (Phi) is 4.19. The van der Waals surface area contributed by atoms with Crippen molar-refractivity contribution in [2.45, 2.75) is 13.0 Å². The molecule has 0 spiro atoms. The van der Waals surface area contributed by atoms with Crippen LogP contribution in [0.1, 0.15) is 6.92 Å². The molecule has 14 heavy (non-hydrogen) atoms. The van der Waals surface area contributed by atoms with Gasteiger partial charge in [0.15, 0.2) is 6.10 Å². The number of ether oxygens (including phenoxy) is 2. The molecular weight excluding hydrogens is 295 g/mol. The number of halogens is 1. The van der Waals surface area contributed by atoms with Gasteiger partial charge < -0.3 is 9.47 Å². The number of carbonyl (C=O) groups is 1. The van der Waals surface area contributed by atoms with E-state index in [1.165, 1.54) is 7.11 Å². The third-order valence-corrected chi connectivity index (χ3v) is 2.38. The Hall–Kier alpha value is -0.780. The molecule has 0 aliphatic rings. The average Bonchev–Trinajstić information content (AvgIpc) is 2.20. The molecule has 76 valence electrons. The van der Waals surface area contributed by atoms with E-state index in [0.717, 1.165) is 3.57 Å². The van der Waals surface area contributed by atoms with Crippen LogP contribution < -0.4 is 4.74 Å². The van der Waals surface area contributed by atoms with Crippen LogP contribution in [-0.2, 0) is 9.53 Å². The number of benzene rings is 1. The predicted octanol–water partition coefficient (Wildman–Crippen LogP) is 2.23. The smallest absolute Gasteiger partial charge is 0.346 e. The number of hydrogen-bond acceptors (Lipinski definition) is 3. The summed E-state index contributed by atoms with van der Waals surface area (Å²) in [4.78, 5) is 11.0. The summed E-state index contributed by atoms with van der Waals surface area (Å²) in [5, 5.41) is 0. The van der Waals surface area contributed by atoms with Gasteiger partial charge in [-0.2, -0.15) is 0 Å². The molecule has 0 fully saturated rings. The first-order chi connectivity index (χ1) is 6.63. The lowest BCUT2D eigenvalue weighted by molar-refractivity contribution is -0.147. The molecule has 0 bridgehead atoms. The quantitative estimate of drug-likeness (QED) is 0.634. The van der Waals surface area contributed by atoms with Crippen molar-refractivity contribution >= 4 is 28.6 Å². The van der Waals surface area contributed by atoms with Crippen molar-refractivity contribution in [3.05, 3.63) is 27.8 Å². The van der Waals surface area contributed by atoms with Gasteiger partial charge in [-0.05, 0) is 53.8 Å². The van der Waals surface area contributed by atoms with Crippen molar-refractivity contribution in [3.8, 4) is 5.75 Å². The molecule has 0 aliphatic carbocycles. The molecule has 0 saturated carbocycles. The maximum Gasteiger partial charge on any atom is 0.346 e.